The highest BCUT2D eigenvalue weighted by Gasteiger charge is 2.23. The lowest BCUT2D eigenvalue weighted by Gasteiger charge is -2.15. The summed E-state index contributed by atoms with van der Waals surface area (Å²) in [5, 5.41) is 22.4. The zero-order valence-corrected chi connectivity index (χ0v) is 13.3. The molecule has 0 saturated carbocycles. The lowest BCUT2D eigenvalue weighted by atomic mass is 9.86. The molecule has 1 rings (SSSR count). The van der Waals surface area contributed by atoms with E-state index in [0.29, 0.717) is 6.61 Å². The number of nitrogens with zero attached hydrogens (tertiary/aromatic N) is 2. The summed E-state index contributed by atoms with van der Waals surface area (Å²) in [5.41, 5.74) is 0.114. The summed E-state index contributed by atoms with van der Waals surface area (Å²) < 4.78 is 11.3. The molecule has 0 atom stereocenters. The van der Waals surface area contributed by atoms with Crippen molar-refractivity contribution in [2.45, 2.75) is 32.4 Å². The van der Waals surface area contributed by atoms with Gasteiger partial charge in [0.25, 0.3) is 0 Å². The first-order valence-electron chi connectivity index (χ1n) is 6.34. The Morgan fingerprint density at radius 1 is 1.45 bits per heavy atom. The molecule has 0 aliphatic heterocycles. The minimum Gasteiger partial charge on any atom is -0.464 e. The molecule has 0 fully saturated rings. The van der Waals surface area contributed by atoms with Crippen LogP contribution in [-0.4, -0.2) is 54.7 Å². The molecule has 0 unspecified atom stereocenters. The van der Waals surface area contributed by atoms with Gasteiger partial charge in [0.1, 0.15) is 6.73 Å². The Hall–Kier alpha value is -1.16. The van der Waals surface area contributed by atoms with E-state index in [-0.39, 0.29) is 18.0 Å². The molecular weight excluding hydrogens is 279 g/mol. The van der Waals surface area contributed by atoms with E-state index in [1.54, 1.807) is 0 Å². The number of hydrogen-bond donors (Lipinski definition) is 2. The Morgan fingerprint density at radius 3 is 2.60 bits per heavy atom. The van der Waals surface area contributed by atoms with E-state index in [1.807, 2.05) is 0 Å². The number of aromatic nitrogens is 2. The molecule has 0 amide bonds. The number of carbonyl (C=O) groups is 1. The Bertz CT molecular complexity index is 458. The summed E-state index contributed by atoms with van der Waals surface area (Å²) in [6.45, 7) is 7.35. The fraction of sp³-hybridized carbons (Fsp3) is 0.636. The van der Waals surface area contributed by atoms with E-state index in [4.69, 9.17) is 4.74 Å². The number of hydrogen-bond acceptors (Lipinski definition) is 6. The zero-order valence-electron chi connectivity index (χ0n) is 12.3. The second kappa shape index (κ2) is 7.02. The van der Waals surface area contributed by atoms with Crippen LogP contribution in [0.3, 0.4) is 0 Å². The molecule has 0 spiro atoms. The van der Waals surface area contributed by atoms with Gasteiger partial charge in [0.05, 0.1) is 12.7 Å². The predicted octanol–water partition coefficient (Wildman–Crippen LogP) is -0.338. The van der Waals surface area contributed by atoms with Crippen molar-refractivity contribution in [2.75, 3.05) is 13.7 Å². The third-order valence-corrected chi connectivity index (χ3v) is 4.38. The van der Waals surface area contributed by atoms with Crippen molar-refractivity contribution < 1.29 is 24.3 Å². The molecule has 9 heteroatoms. The summed E-state index contributed by atoms with van der Waals surface area (Å²) in [5.74, 6) is -0.632. The van der Waals surface area contributed by atoms with Crippen LogP contribution in [-0.2, 0) is 16.2 Å². The van der Waals surface area contributed by atoms with Gasteiger partial charge in [0.2, 0.25) is 0 Å². The summed E-state index contributed by atoms with van der Waals surface area (Å²) in [6, 6.07) is 2.27. The molecule has 0 aliphatic rings. The van der Waals surface area contributed by atoms with E-state index in [0.717, 1.165) is 6.04 Å². The zero-order chi connectivity index (χ0) is 15.3. The van der Waals surface area contributed by atoms with Crippen LogP contribution < -0.4 is 5.59 Å². The first-order valence-corrected chi connectivity index (χ1v) is 10.1. The summed E-state index contributed by atoms with van der Waals surface area (Å²) >= 11 is 0. The summed E-state index contributed by atoms with van der Waals surface area (Å²) in [7, 11) is -1.66. The quantitative estimate of drug-likeness (QED) is 0.406. The molecule has 20 heavy (non-hydrogen) atoms. The number of rotatable bonds is 7. The first-order chi connectivity index (χ1) is 9.24. The number of methoxy groups -OCH3 is 1. The highest BCUT2D eigenvalue weighted by molar-refractivity contribution is 6.76. The molecule has 0 aliphatic carbocycles. The number of ether oxygens (including phenoxy) is 2. The topological polar surface area (TPSA) is 93.8 Å². The fourth-order valence-electron chi connectivity index (χ4n) is 1.48. The Morgan fingerprint density at radius 2 is 2.10 bits per heavy atom. The van der Waals surface area contributed by atoms with Crippen molar-refractivity contribution >= 4 is 26.8 Å². The fourth-order valence-corrected chi connectivity index (χ4v) is 2.23. The van der Waals surface area contributed by atoms with Crippen molar-refractivity contribution in [3.05, 3.63) is 11.8 Å². The van der Waals surface area contributed by atoms with Crippen molar-refractivity contribution in [2.24, 2.45) is 0 Å². The molecular formula is C11H21BN2O5Si. The van der Waals surface area contributed by atoms with Crippen LogP contribution in [0.25, 0.3) is 0 Å². The normalized spacial score (nSPS) is 11.5. The predicted molar refractivity (Wildman–Crippen MR) is 77.5 cm³/mol. The molecule has 0 aromatic carbocycles. The lowest BCUT2D eigenvalue weighted by Crippen LogP contribution is -2.37. The molecule has 0 saturated heterocycles. The smallest absolute Gasteiger partial charge is 0.464 e. The van der Waals surface area contributed by atoms with Gasteiger partial charge in [0.15, 0.2) is 5.69 Å². The molecule has 1 aromatic rings. The Labute approximate surface area is 119 Å². The largest absolute Gasteiger partial charge is 0.507 e. The second-order valence-electron chi connectivity index (χ2n) is 5.67. The van der Waals surface area contributed by atoms with Gasteiger partial charge in [-0.1, -0.05) is 19.6 Å². The van der Waals surface area contributed by atoms with Gasteiger partial charge in [-0.3, -0.25) is 0 Å². The van der Waals surface area contributed by atoms with Crippen LogP contribution in [0.15, 0.2) is 6.07 Å². The van der Waals surface area contributed by atoms with E-state index in [1.165, 1.54) is 17.9 Å². The van der Waals surface area contributed by atoms with Gasteiger partial charge in [-0.15, -0.1) is 0 Å². The molecule has 0 radical (unpaired) electrons. The van der Waals surface area contributed by atoms with Crippen molar-refractivity contribution in [1.29, 1.82) is 0 Å². The first kappa shape index (κ1) is 16.9. The van der Waals surface area contributed by atoms with E-state index in [2.05, 4.69) is 29.5 Å². The third kappa shape index (κ3) is 5.08. The molecule has 1 aromatic heterocycles. The average Bonchev–Trinajstić information content (AvgIpc) is 2.76. The van der Waals surface area contributed by atoms with Crippen LogP contribution in [0.5, 0.6) is 0 Å². The molecule has 2 N–H and O–H groups in total. The molecule has 1 heterocycles. The van der Waals surface area contributed by atoms with Gasteiger partial charge in [-0.05, 0) is 12.1 Å². The van der Waals surface area contributed by atoms with Gasteiger partial charge in [-0.25, -0.2) is 9.48 Å². The molecule has 112 valence electrons. The highest BCUT2D eigenvalue weighted by Crippen LogP contribution is 2.07. The number of carbonyl (C=O) groups excluding carboxylic acids is 1. The van der Waals surface area contributed by atoms with Crippen LogP contribution in [0.1, 0.15) is 10.5 Å². The standard InChI is InChI=1S/C11H21BN2O5Si/c1-18-11(15)9-7-10(12(16)17)14(13-9)8-19-5-6-20(2,3)4/h7,16-17H,5-6,8H2,1-4H3. The monoisotopic (exact) mass is 300 g/mol. The maximum Gasteiger partial charge on any atom is 0.507 e. The minimum atomic E-state index is -1.72. The van der Waals surface area contributed by atoms with E-state index >= 15 is 0 Å². The highest BCUT2D eigenvalue weighted by atomic mass is 28.3. The average molecular weight is 300 g/mol. The minimum absolute atomic E-state index is 0.0180. The van der Waals surface area contributed by atoms with Crippen LogP contribution in [0.4, 0.5) is 0 Å². The van der Waals surface area contributed by atoms with Gasteiger partial charge < -0.3 is 19.5 Å². The van der Waals surface area contributed by atoms with E-state index < -0.39 is 21.2 Å². The molecule has 7 nitrogen and oxygen atoms in total. The lowest BCUT2D eigenvalue weighted by molar-refractivity contribution is 0.0583. The van der Waals surface area contributed by atoms with Crippen molar-refractivity contribution in [3.8, 4) is 0 Å². The molecule has 0 bridgehead atoms. The third-order valence-electron chi connectivity index (χ3n) is 2.68. The second-order valence-corrected chi connectivity index (χ2v) is 11.3. The van der Waals surface area contributed by atoms with Crippen molar-refractivity contribution in [3.63, 3.8) is 0 Å². The van der Waals surface area contributed by atoms with E-state index in [9.17, 15) is 14.8 Å². The van der Waals surface area contributed by atoms with Gasteiger partial charge in [0, 0.05) is 14.7 Å². The maximum atomic E-state index is 11.4. The van der Waals surface area contributed by atoms with Crippen LogP contribution in [0.2, 0.25) is 25.7 Å². The SMILES string of the molecule is COC(=O)c1cc(B(O)O)n(COCC[Si](C)(C)C)n1. The Kier molecular flexibility index (Phi) is 5.93. The van der Waals surface area contributed by atoms with Gasteiger partial charge >= 0.3 is 13.1 Å². The summed E-state index contributed by atoms with van der Waals surface area (Å²) in [4.78, 5) is 11.4. The Balaban J connectivity index is 2.68. The van der Waals surface area contributed by atoms with Crippen LogP contribution >= 0.6 is 0 Å². The van der Waals surface area contributed by atoms with Gasteiger partial charge in [-0.2, -0.15) is 5.10 Å². The maximum absolute atomic E-state index is 11.4. The number of esters is 1. The van der Waals surface area contributed by atoms with Crippen LogP contribution in [0, 0.1) is 0 Å². The van der Waals surface area contributed by atoms with Crippen molar-refractivity contribution in [1.82, 2.24) is 9.78 Å². The summed E-state index contributed by atoms with van der Waals surface area (Å²) in [6.07, 6.45) is 0.